The summed E-state index contributed by atoms with van der Waals surface area (Å²) >= 11 is 0. The minimum atomic E-state index is -0.489. The van der Waals surface area contributed by atoms with E-state index in [4.69, 9.17) is 14.0 Å². The molecule has 8 heteroatoms. The molecular formula is C24H34N4O4. The molecule has 2 aliphatic rings. The molecule has 2 aliphatic heterocycles. The maximum atomic E-state index is 12.8. The van der Waals surface area contributed by atoms with Crippen LogP contribution in [-0.2, 0) is 11.3 Å². The molecule has 8 nitrogen and oxygen atoms in total. The van der Waals surface area contributed by atoms with E-state index in [9.17, 15) is 4.79 Å². The van der Waals surface area contributed by atoms with E-state index < -0.39 is 5.60 Å². The average molecular weight is 443 g/mol. The van der Waals surface area contributed by atoms with Crippen LogP contribution in [0.25, 0.3) is 11.4 Å². The Bertz CT molecular complexity index is 923. The van der Waals surface area contributed by atoms with Crippen molar-refractivity contribution in [3.05, 3.63) is 30.2 Å². The molecule has 1 aromatic heterocycles. The second-order valence-corrected chi connectivity index (χ2v) is 9.66. The quantitative estimate of drug-likeness (QED) is 0.674. The topological polar surface area (TPSA) is 80.9 Å². The van der Waals surface area contributed by atoms with E-state index in [2.05, 4.69) is 15.0 Å². The van der Waals surface area contributed by atoms with Crippen LogP contribution in [0.1, 0.15) is 58.8 Å². The molecule has 174 valence electrons. The van der Waals surface area contributed by atoms with Gasteiger partial charge in [0.15, 0.2) is 0 Å². The molecule has 1 aromatic carbocycles. The van der Waals surface area contributed by atoms with Crippen molar-refractivity contribution in [2.75, 3.05) is 20.2 Å². The number of rotatable bonds is 5. The highest BCUT2D eigenvalue weighted by Gasteiger charge is 2.40. The first-order valence-electron chi connectivity index (χ1n) is 11.5. The highest BCUT2D eigenvalue weighted by Crippen LogP contribution is 2.31. The van der Waals surface area contributed by atoms with Crippen LogP contribution in [0.5, 0.6) is 5.75 Å². The molecule has 0 saturated carbocycles. The number of hydrogen-bond donors (Lipinski definition) is 0. The summed E-state index contributed by atoms with van der Waals surface area (Å²) in [5, 5.41) is 4.18. The number of benzene rings is 1. The van der Waals surface area contributed by atoms with Crippen LogP contribution in [-0.4, -0.2) is 63.9 Å². The molecule has 2 fully saturated rings. The Hall–Kier alpha value is -2.61. The fourth-order valence-corrected chi connectivity index (χ4v) is 4.76. The molecule has 2 aromatic rings. The SMILES string of the molecule is COc1cccc(-c2noc(CN3CCCC[C@H]3[C@H]3CCCN3C(=O)OC(C)(C)C)n2)c1. The lowest BCUT2D eigenvalue weighted by molar-refractivity contribution is 0.00514. The van der Waals surface area contributed by atoms with Crippen molar-refractivity contribution in [2.45, 2.75) is 77.1 Å². The van der Waals surface area contributed by atoms with E-state index in [0.29, 0.717) is 18.3 Å². The van der Waals surface area contributed by atoms with Crippen LogP contribution in [0.15, 0.2) is 28.8 Å². The zero-order chi connectivity index (χ0) is 22.7. The van der Waals surface area contributed by atoms with Gasteiger partial charge in [-0.1, -0.05) is 23.7 Å². The van der Waals surface area contributed by atoms with Gasteiger partial charge in [-0.15, -0.1) is 0 Å². The Balaban J connectivity index is 1.47. The maximum absolute atomic E-state index is 12.8. The van der Waals surface area contributed by atoms with Gasteiger partial charge in [-0.25, -0.2) is 4.79 Å². The first kappa shape index (κ1) is 22.6. The average Bonchev–Trinajstić information content (AvgIpc) is 3.43. The number of methoxy groups -OCH3 is 1. The second-order valence-electron chi connectivity index (χ2n) is 9.66. The fraction of sp³-hybridized carbons (Fsp3) is 0.625. The molecule has 32 heavy (non-hydrogen) atoms. The zero-order valence-electron chi connectivity index (χ0n) is 19.5. The number of amides is 1. The van der Waals surface area contributed by atoms with Crippen molar-refractivity contribution in [1.82, 2.24) is 19.9 Å². The Kier molecular flexibility index (Phi) is 6.69. The second kappa shape index (κ2) is 9.48. The van der Waals surface area contributed by atoms with Crippen molar-refractivity contribution in [2.24, 2.45) is 0 Å². The lowest BCUT2D eigenvalue weighted by Crippen LogP contribution is -2.53. The number of piperidine rings is 1. The van der Waals surface area contributed by atoms with Crippen LogP contribution in [0.2, 0.25) is 0 Å². The van der Waals surface area contributed by atoms with Crippen LogP contribution in [0, 0.1) is 0 Å². The highest BCUT2D eigenvalue weighted by molar-refractivity contribution is 5.69. The number of ether oxygens (including phenoxy) is 2. The minimum Gasteiger partial charge on any atom is -0.497 e. The summed E-state index contributed by atoms with van der Waals surface area (Å²) in [6.07, 6.45) is 5.16. The number of aromatic nitrogens is 2. The van der Waals surface area contributed by atoms with Gasteiger partial charge in [-0.05, 0) is 65.1 Å². The third-order valence-corrected chi connectivity index (χ3v) is 6.17. The third-order valence-electron chi connectivity index (χ3n) is 6.17. The zero-order valence-corrected chi connectivity index (χ0v) is 19.5. The molecule has 0 aliphatic carbocycles. The first-order chi connectivity index (χ1) is 15.3. The highest BCUT2D eigenvalue weighted by atomic mass is 16.6. The normalized spacial score (nSPS) is 22.2. The number of likely N-dealkylation sites (tertiary alicyclic amines) is 2. The van der Waals surface area contributed by atoms with Crippen molar-refractivity contribution in [3.63, 3.8) is 0 Å². The molecule has 3 heterocycles. The van der Waals surface area contributed by atoms with E-state index in [1.165, 1.54) is 6.42 Å². The van der Waals surface area contributed by atoms with Gasteiger partial charge in [0.25, 0.3) is 0 Å². The summed E-state index contributed by atoms with van der Waals surface area (Å²) < 4.78 is 16.6. The van der Waals surface area contributed by atoms with E-state index in [1.807, 2.05) is 49.9 Å². The molecule has 0 unspecified atom stereocenters. The lowest BCUT2D eigenvalue weighted by atomic mass is 9.94. The number of nitrogens with zero attached hydrogens (tertiary/aromatic N) is 4. The molecule has 1 amide bonds. The van der Waals surface area contributed by atoms with Gasteiger partial charge in [0.1, 0.15) is 11.4 Å². The van der Waals surface area contributed by atoms with E-state index in [0.717, 1.165) is 50.1 Å². The van der Waals surface area contributed by atoms with Crippen molar-refractivity contribution < 1.29 is 18.8 Å². The van der Waals surface area contributed by atoms with Gasteiger partial charge in [-0.3, -0.25) is 4.90 Å². The summed E-state index contributed by atoms with van der Waals surface area (Å²) in [5.41, 5.74) is 0.373. The molecule has 4 rings (SSSR count). The summed E-state index contributed by atoms with van der Waals surface area (Å²) in [4.78, 5) is 21.8. The van der Waals surface area contributed by atoms with Gasteiger partial charge in [0.2, 0.25) is 11.7 Å². The van der Waals surface area contributed by atoms with Gasteiger partial charge in [-0.2, -0.15) is 4.98 Å². The van der Waals surface area contributed by atoms with Crippen LogP contribution < -0.4 is 4.74 Å². The summed E-state index contributed by atoms with van der Waals surface area (Å²) in [6.45, 7) is 8.04. The van der Waals surface area contributed by atoms with Gasteiger partial charge in [0, 0.05) is 18.2 Å². The number of carbonyl (C=O) groups excluding carboxylic acids is 1. The maximum Gasteiger partial charge on any atom is 0.410 e. The number of hydrogen-bond acceptors (Lipinski definition) is 7. The van der Waals surface area contributed by atoms with E-state index in [-0.39, 0.29) is 18.2 Å². The molecule has 0 spiro atoms. The van der Waals surface area contributed by atoms with Gasteiger partial charge < -0.3 is 18.9 Å². The molecule has 2 atom stereocenters. The van der Waals surface area contributed by atoms with Crippen molar-refractivity contribution in [1.29, 1.82) is 0 Å². The molecule has 0 bridgehead atoms. The molecule has 0 radical (unpaired) electrons. The fourth-order valence-electron chi connectivity index (χ4n) is 4.76. The van der Waals surface area contributed by atoms with Gasteiger partial charge in [0.05, 0.1) is 19.7 Å². The third kappa shape index (κ3) is 5.23. The Morgan fingerprint density at radius 2 is 1.97 bits per heavy atom. The number of carbonyl (C=O) groups is 1. The predicted molar refractivity (Wildman–Crippen MR) is 120 cm³/mol. The van der Waals surface area contributed by atoms with Gasteiger partial charge >= 0.3 is 6.09 Å². The monoisotopic (exact) mass is 442 g/mol. The summed E-state index contributed by atoms with van der Waals surface area (Å²) in [7, 11) is 1.64. The van der Waals surface area contributed by atoms with Crippen LogP contribution >= 0.6 is 0 Å². The van der Waals surface area contributed by atoms with Crippen LogP contribution in [0.4, 0.5) is 4.79 Å². The molecular weight excluding hydrogens is 408 g/mol. The Labute approximate surface area is 189 Å². The standard InChI is InChI=1S/C24H34N4O4/c1-24(2,3)31-23(29)28-14-8-12-20(28)19-11-5-6-13-27(19)16-21-25-22(26-32-21)17-9-7-10-18(15-17)30-4/h7,9-10,15,19-20H,5-6,8,11-14,16H2,1-4H3/t19-,20+/m0/s1. The van der Waals surface area contributed by atoms with E-state index in [1.54, 1.807) is 7.11 Å². The van der Waals surface area contributed by atoms with E-state index >= 15 is 0 Å². The largest absolute Gasteiger partial charge is 0.497 e. The Morgan fingerprint density at radius 1 is 1.16 bits per heavy atom. The minimum absolute atomic E-state index is 0.158. The summed E-state index contributed by atoms with van der Waals surface area (Å²) in [6, 6.07) is 8.07. The predicted octanol–water partition coefficient (Wildman–Crippen LogP) is 4.50. The lowest BCUT2D eigenvalue weighted by Gasteiger charge is -2.41. The van der Waals surface area contributed by atoms with Crippen LogP contribution in [0.3, 0.4) is 0 Å². The first-order valence-corrected chi connectivity index (χ1v) is 11.5. The molecule has 0 N–H and O–H groups in total. The molecule has 2 saturated heterocycles. The van der Waals surface area contributed by atoms with Crippen molar-refractivity contribution in [3.8, 4) is 17.1 Å². The Morgan fingerprint density at radius 3 is 2.75 bits per heavy atom. The summed E-state index contributed by atoms with van der Waals surface area (Å²) in [5.74, 6) is 1.91. The van der Waals surface area contributed by atoms with Crippen molar-refractivity contribution >= 4 is 6.09 Å². The smallest absolute Gasteiger partial charge is 0.410 e.